The number of hydrogen-bond acceptors (Lipinski definition) is 3. The molecule has 0 fully saturated rings. The number of carbonyl (C=O) groups excluding carboxylic acids is 2. The predicted octanol–water partition coefficient (Wildman–Crippen LogP) is 5.38. The fraction of sp³-hybridized carbons (Fsp3) is 0.231. The molecule has 0 radical (unpaired) electrons. The maximum atomic E-state index is 13.5. The van der Waals surface area contributed by atoms with Crippen LogP contribution in [0.5, 0.6) is 0 Å². The van der Waals surface area contributed by atoms with E-state index in [-0.39, 0.29) is 12.2 Å². The first-order valence-electron chi connectivity index (χ1n) is 10.2. The minimum atomic E-state index is -1.90. The van der Waals surface area contributed by atoms with Crippen LogP contribution in [0.4, 0.5) is 5.69 Å². The molecule has 0 bridgehead atoms. The van der Waals surface area contributed by atoms with Crippen molar-refractivity contribution in [3.05, 3.63) is 98.5 Å². The van der Waals surface area contributed by atoms with Crippen molar-refractivity contribution >= 4 is 33.3 Å². The molecule has 158 valence electrons. The van der Waals surface area contributed by atoms with Gasteiger partial charge in [0, 0.05) is 15.6 Å². The molecular weight excluding hydrogens is 454 g/mol. The zero-order valence-electron chi connectivity index (χ0n) is 17.8. The van der Waals surface area contributed by atoms with Crippen molar-refractivity contribution in [3.8, 4) is 0 Å². The number of carbonyl (C=O) groups is 2. The number of fused-ring (bicyclic) bond motifs is 1. The number of nitrogens with zero attached hydrogens (tertiary/aromatic N) is 1. The highest BCUT2D eigenvalue weighted by molar-refractivity contribution is 9.10. The van der Waals surface area contributed by atoms with Gasteiger partial charge in [-0.05, 0) is 50.1 Å². The van der Waals surface area contributed by atoms with E-state index in [0.29, 0.717) is 23.4 Å². The number of amides is 1. The number of aliphatic hydroxyl groups is 1. The Hall–Kier alpha value is -2.76. The summed E-state index contributed by atoms with van der Waals surface area (Å²) >= 11 is 3.44. The highest BCUT2D eigenvalue weighted by atomic mass is 79.9. The third-order valence-electron chi connectivity index (χ3n) is 5.91. The van der Waals surface area contributed by atoms with Gasteiger partial charge in [-0.2, -0.15) is 0 Å². The summed E-state index contributed by atoms with van der Waals surface area (Å²) in [6, 6.07) is 18.7. The van der Waals surface area contributed by atoms with Gasteiger partial charge in [-0.3, -0.25) is 9.59 Å². The Balaban J connectivity index is 1.71. The third kappa shape index (κ3) is 3.95. The van der Waals surface area contributed by atoms with Crippen LogP contribution in [0, 0.1) is 20.8 Å². The van der Waals surface area contributed by atoms with E-state index in [0.717, 1.165) is 26.7 Å². The van der Waals surface area contributed by atoms with Gasteiger partial charge in [-0.25, -0.2) is 0 Å². The van der Waals surface area contributed by atoms with Crippen LogP contribution in [0.3, 0.4) is 0 Å². The molecule has 1 atom stereocenters. The number of hydrogen-bond donors (Lipinski definition) is 1. The van der Waals surface area contributed by atoms with E-state index < -0.39 is 11.5 Å². The zero-order valence-corrected chi connectivity index (χ0v) is 19.4. The van der Waals surface area contributed by atoms with Crippen LogP contribution in [0.15, 0.2) is 65.1 Å². The topological polar surface area (TPSA) is 57.6 Å². The molecule has 3 aromatic rings. The standard InChI is InChI=1S/C26H24BrNO3/c1-16-4-7-19(8-5-16)24(29)14-26(31)22-13-21(27)10-11-23(22)28(25(26)30)15-20-9-6-17(2)12-18(20)3/h4-13,31H,14-15H2,1-3H3/t26-/m1/s1. The lowest BCUT2D eigenvalue weighted by atomic mass is 9.88. The molecular formula is C26H24BrNO3. The van der Waals surface area contributed by atoms with Crippen LogP contribution in [-0.4, -0.2) is 16.8 Å². The number of ketones is 1. The minimum absolute atomic E-state index is 0.268. The first-order chi connectivity index (χ1) is 14.7. The molecule has 0 saturated heterocycles. The Morgan fingerprint density at radius 2 is 1.65 bits per heavy atom. The molecule has 31 heavy (non-hydrogen) atoms. The van der Waals surface area contributed by atoms with Crippen LogP contribution in [0.2, 0.25) is 0 Å². The van der Waals surface area contributed by atoms with E-state index in [1.165, 1.54) is 0 Å². The molecule has 4 nitrogen and oxygen atoms in total. The largest absolute Gasteiger partial charge is 0.375 e. The highest BCUT2D eigenvalue weighted by Crippen LogP contribution is 2.45. The summed E-state index contributed by atoms with van der Waals surface area (Å²) in [5.74, 6) is -0.740. The van der Waals surface area contributed by atoms with Crippen molar-refractivity contribution < 1.29 is 14.7 Å². The second-order valence-corrected chi connectivity index (χ2v) is 9.22. The van der Waals surface area contributed by atoms with Gasteiger partial charge < -0.3 is 10.0 Å². The van der Waals surface area contributed by atoms with Gasteiger partial charge in [0.15, 0.2) is 11.4 Å². The molecule has 1 aliphatic rings. The van der Waals surface area contributed by atoms with Crippen molar-refractivity contribution in [2.45, 2.75) is 39.3 Å². The van der Waals surface area contributed by atoms with Crippen LogP contribution in [0.1, 0.15) is 44.6 Å². The maximum Gasteiger partial charge on any atom is 0.264 e. The van der Waals surface area contributed by atoms with Crippen molar-refractivity contribution in [2.75, 3.05) is 4.90 Å². The van der Waals surface area contributed by atoms with Gasteiger partial charge in [0.2, 0.25) is 0 Å². The Kier molecular flexibility index (Phi) is 5.58. The smallest absolute Gasteiger partial charge is 0.264 e. The number of benzene rings is 3. The van der Waals surface area contributed by atoms with Crippen LogP contribution < -0.4 is 4.90 Å². The Labute approximate surface area is 190 Å². The first-order valence-corrected chi connectivity index (χ1v) is 11.0. The third-order valence-corrected chi connectivity index (χ3v) is 6.40. The number of rotatable bonds is 5. The van der Waals surface area contributed by atoms with E-state index in [9.17, 15) is 14.7 Å². The number of aryl methyl sites for hydroxylation is 3. The SMILES string of the molecule is Cc1ccc(C(=O)C[C@]2(O)C(=O)N(Cc3ccc(C)cc3C)c3ccc(Br)cc32)cc1. The number of Topliss-reactive ketones (excluding diaryl/α,β-unsaturated/α-hetero) is 1. The van der Waals surface area contributed by atoms with E-state index in [2.05, 4.69) is 22.0 Å². The van der Waals surface area contributed by atoms with Crippen molar-refractivity contribution in [2.24, 2.45) is 0 Å². The van der Waals surface area contributed by atoms with Gasteiger partial charge in [0.25, 0.3) is 5.91 Å². The number of anilines is 1. The van der Waals surface area contributed by atoms with Gasteiger partial charge >= 0.3 is 0 Å². The lowest BCUT2D eigenvalue weighted by Gasteiger charge is -2.23. The van der Waals surface area contributed by atoms with Gasteiger partial charge in [0.1, 0.15) is 0 Å². The fourth-order valence-electron chi connectivity index (χ4n) is 4.12. The predicted molar refractivity (Wildman–Crippen MR) is 125 cm³/mol. The number of halogens is 1. The summed E-state index contributed by atoms with van der Waals surface area (Å²) in [4.78, 5) is 28.1. The molecule has 0 aliphatic carbocycles. The molecule has 1 aliphatic heterocycles. The average molecular weight is 478 g/mol. The van der Waals surface area contributed by atoms with Crippen molar-refractivity contribution in [1.29, 1.82) is 0 Å². The van der Waals surface area contributed by atoms with Crippen molar-refractivity contribution in [3.63, 3.8) is 0 Å². The normalized spacial score (nSPS) is 17.7. The maximum absolute atomic E-state index is 13.5. The molecule has 0 unspecified atom stereocenters. The Morgan fingerprint density at radius 3 is 2.32 bits per heavy atom. The Morgan fingerprint density at radius 1 is 0.968 bits per heavy atom. The van der Waals surface area contributed by atoms with E-state index in [1.54, 1.807) is 23.1 Å². The second-order valence-electron chi connectivity index (χ2n) is 8.31. The minimum Gasteiger partial charge on any atom is -0.375 e. The molecule has 3 aromatic carbocycles. The van der Waals surface area contributed by atoms with E-state index in [4.69, 9.17) is 0 Å². The van der Waals surface area contributed by atoms with Crippen LogP contribution in [-0.2, 0) is 16.9 Å². The molecule has 0 aromatic heterocycles. The zero-order chi connectivity index (χ0) is 22.3. The second kappa shape index (κ2) is 8.06. The molecule has 0 spiro atoms. The Bertz CT molecular complexity index is 1190. The summed E-state index contributed by atoms with van der Waals surface area (Å²) in [5, 5.41) is 11.6. The molecule has 1 N–H and O–H groups in total. The molecule has 1 amide bonds. The molecule has 4 rings (SSSR count). The van der Waals surface area contributed by atoms with Crippen molar-refractivity contribution in [1.82, 2.24) is 0 Å². The molecule has 5 heteroatoms. The summed E-state index contributed by atoms with van der Waals surface area (Å²) in [6.45, 7) is 6.32. The quantitative estimate of drug-likeness (QED) is 0.501. The highest BCUT2D eigenvalue weighted by Gasteiger charge is 2.51. The first kappa shape index (κ1) is 21.5. The van der Waals surface area contributed by atoms with Gasteiger partial charge in [-0.1, -0.05) is 69.5 Å². The lowest BCUT2D eigenvalue weighted by Crippen LogP contribution is -2.41. The lowest BCUT2D eigenvalue weighted by molar-refractivity contribution is -0.136. The summed E-state index contributed by atoms with van der Waals surface area (Å²) in [5.41, 5.74) is 3.94. The summed E-state index contributed by atoms with van der Waals surface area (Å²) < 4.78 is 0.744. The van der Waals surface area contributed by atoms with Gasteiger partial charge in [-0.15, -0.1) is 0 Å². The molecule has 0 saturated carbocycles. The van der Waals surface area contributed by atoms with Crippen LogP contribution in [0.25, 0.3) is 0 Å². The average Bonchev–Trinajstić information content (AvgIpc) is 2.92. The van der Waals surface area contributed by atoms with Crippen LogP contribution >= 0.6 is 15.9 Å². The van der Waals surface area contributed by atoms with E-state index in [1.807, 2.05) is 57.2 Å². The summed E-state index contributed by atoms with van der Waals surface area (Å²) in [7, 11) is 0. The van der Waals surface area contributed by atoms with Gasteiger partial charge in [0.05, 0.1) is 18.7 Å². The fourth-order valence-corrected chi connectivity index (χ4v) is 4.48. The molecule has 1 heterocycles. The van der Waals surface area contributed by atoms with E-state index >= 15 is 0 Å². The monoisotopic (exact) mass is 477 g/mol. The summed E-state index contributed by atoms with van der Waals surface area (Å²) in [6.07, 6.45) is -0.304.